The summed E-state index contributed by atoms with van der Waals surface area (Å²) in [4.78, 5) is 29.4. The minimum atomic E-state index is -0.970. The average Bonchev–Trinajstić information content (AvgIpc) is 2.90. The topological polar surface area (TPSA) is 97.8 Å². The van der Waals surface area contributed by atoms with Gasteiger partial charge in [0.05, 0.1) is 35.5 Å². The third kappa shape index (κ3) is 6.20. The predicted octanol–water partition coefficient (Wildman–Crippen LogP) is 5.05. The van der Waals surface area contributed by atoms with E-state index in [0.717, 1.165) is 29.3 Å². The van der Waals surface area contributed by atoms with E-state index in [1.807, 2.05) is 19.1 Å². The van der Waals surface area contributed by atoms with Crippen molar-refractivity contribution in [3.8, 4) is 5.75 Å². The van der Waals surface area contributed by atoms with Gasteiger partial charge < -0.3 is 19.9 Å². The Morgan fingerprint density at radius 1 is 1.11 bits per heavy atom. The molecule has 7 heteroatoms. The van der Waals surface area contributed by atoms with Crippen molar-refractivity contribution in [1.29, 1.82) is 0 Å². The predicted molar refractivity (Wildman–Crippen MR) is 133 cm³/mol. The van der Waals surface area contributed by atoms with Crippen LogP contribution in [0, 0.1) is 5.92 Å². The number of pyridine rings is 1. The SMILES string of the molecule is CC(NC(=O)C1(c2ccc(OCCC3CCCCC3)cn2)CCOCC1)c1ccc(C(=O)O)cc1. The highest BCUT2D eigenvalue weighted by Gasteiger charge is 2.43. The second-order valence-electron chi connectivity index (χ2n) is 9.84. The van der Waals surface area contributed by atoms with Crippen LogP contribution in [-0.2, 0) is 14.9 Å². The maximum absolute atomic E-state index is 13.6. The molecule has 1 aliphatic carbocycles. The summed E-state index contributed by atoms with van der Waals surface area (Å²) in [7, 11) is 0. The molecule has 0 spiro atoms. The molecule has 4 rings (SSSR count). The van der Waals surface area contributed by atoms with Crippen molar-refractivity contribution >= 4 is 11.9 Å². The molecule has 1 aliphatic heterocycles. The summed E-state index contributed by atoms with van der Waals surface area (Å²) in [6.07, 6.45) is 10.6. The fourth-order valence-electron chi connectivity index (χ4n) is 5.22. The van der Waals surface area contributed by atoms with Gasteiger partial charge in [-0.3, -0.25) is 9.78 Å². The zero-order chi connectivity index (χ0) is 24.7. The molecular formula is C28H36N2O5. The van der Waals surface area contributed by atoms with Gasteiger partial charge >= 0.3 is 5.97 Å². The molecular weight excluding hydrogens is 444 g/mol. The maximum Gasteiger partial charge on any atom is 0.335 e. The molecule has 1 saturated heterocycles. The van der Waals surface area contributed by atoms with Gasteiger partial charge in [-0.15, -0.1) is 0 Å². The number of aromatic carboxylic acids is 1. The second-order valence-corrected chi connectivity index (χ2v) is 9.84. The lowest BCUT2D eigenvalue weighted by Crippen LogP contribution is -2.49. The lowest BCUT2D eigenvalue weighted by molar-refractivity contribution is -0.131. The number of benzene rings is 1. The number of nitrogens with one attached hydrogen (secondary N) is 1. The van der Waals surface area contributed by atoms with E-state index in [1.165, 1.54) is 32.1 Å². The van der Waals surface area contributed by atoms with Crippen molar-refractivity contribution in [3.63, 3.8) is 0 Å². The fourth-order valence-corrected chi connectivity index (χ4v) is 5.22. The number of carbonyl (C=O) groups is 2. The third-order valence-electron chi connectivity index (χ3n) is 7.53. The number of amides is 1. The van der Waals surface area contributed by atoms with E-state index >= 15 is 0 Å². The normalized spacial score (nSPS) is 19.0. The first-order valence-electron chi connectivity index (χ1n) is 12.8. The summed E-state index contributed by atoms with van der Waals surface area (Å²) in [6, 6.07) is 10.1. The van der Waals surface area contributed by atoms with Gasteiger partial charge in [0.25, 0.3) is 0 Å². The van der Waals surface area contributed by atoms with Crippen LogP contribution in [0.4, 0.5) is 0 Å². The molecule has 0 radical (unpaired) electrons. The van der Waals surface area contributed by atoms with Crippen molar-refractivity contribution in [1.82, 2.24) is 10.3 Å². The highest BCUT2D eigenvalue weighted by molar-refractivity contribution is 5.89. The maximum atomic E-state index is 13.6. The highest BCUT2D eigenvalue weighted by atomic mass is 16.5. The fraction of sp³-hybridized carbons (Fsp3) is 0.536. The van der Waals surface area contributed by atoms with Crippen LogP contribution in [0.5, 0.6) is 5.75 Å². The van der Waals surface area contributed by atoms with Gasteiger partial charge in [-0.25, -0.2) is 4.79 Å². The number of aromatic nitrogens is 1. The molecule has 1 atom stereocenters. The minimum absolute atomic E-state index is 0.0888. The Kier molecular flexibility index (Phi) is 8.39. The number of carboxylic acid groups (broad SMARTS) is 1. The number of hydrogen-bond donors (Lipinski definition) is 2. The van der Waals surface area contributed by atoms with E-state index in [-0.39, 0.29) is 17.5 Å². The van der Waals surface area contributed by atoms with Crippen LogP contribution in [-0.4, -0.2) is 41.8 Å². The summed E-state index contributed by atoms with van der Waals surface area (Å²) in [6.45, 7) is 3.59. The summed E-state index contributed by atoms with van der Waals surface area (Å²) in [5.74, 6) is 0.447. The van der Waals surface area contributed by atoms with Crippen LogP contribution in [0.25, 0.3) is 0 Å². The molecule has 1 aromatic carbocycles. The summed E-state index contributed by atoms with van der Waals surface area (Å²) < 4.78 is 11.5. The van der Waals surface area contributed by atoms with Crippen LogP contribution >= 0.6 is 0 Å². The largest absolute Gasteiger partial charge is 0.492 e. The standard InChI is InChI=1S/C28H36N2O5/c1-20(22-7-9-23(10-8-22)26(31)32)30-27(33)28(14-17-34-18-15-28)25-12-11-24(19-29-25)35-16-13-21-5-3-2-4-6-21/h7-12,19-21H,2-6,13-18H2,1H3,(H,30,33)(H,31,32). The van der Waals surface area contributed by atoms with Crippen LogP contribution in [0.2, 0.25) is 0 Å². The van der Waals surface area contributed by atoms with Crippen LogP contribution in [0.1, 0.15) is 85.9 Å². The van der Waals surface area contributed by atoms with Crippen molar-refractivity contribution in [3.05, 3.63) is 59.4 Å². The van der Waals surface area contributed by atoms with E-state index in [9.17, 15) is 9.59 Å². The van der Waals surface area contributed by atoms with E-state index in [2.05, 4.69) is 10.3 Å². The quantitative estimate of drug-likeness (QED) is 0.521. The van der Waals surface area contributed by atoms with Crippen molar-refractivity contribution in [2.24, 2.45) is 5.92 Å². The van der Waals surface area contributed by atoms with Crippen molar-refractivity contribution in [2.75, 3.05) is 19.8 Å². The van der Waals surface area contributed by atoms with Gasteiger partial charge in [0.1, 0.15) is 5.75 Å². The van der Waals surface area contributed by atoms with E-state index in [1.54, 1.807) is 30.5 Å². The Morgan fingerprint density at radius 2 is 1.83 bits per heavy atom. The number of carboxylic acids is 1. The van der Waals surface area contributed by atoms with Gasteiger partial charge in [0.2, 0.25) is 5.91 Å². The molecule has 2 fully saturated rings. The summed E-state index contributed by atoms with van der Waals surface area (Å²) >= 11 is 0. The molecule has 35 heavy (non-hydrogen) atoms. The van der Waals surface area contributed by atoms with E-state index < -0.39 is 11.4 Å². The zero-order valence-corrected chi connectivity index (χ0v) is 20.5. The molecule has 1 aromatic heterocycles. The Morgan fingerprint density at radius 3 is 2.46 bits per heavy atom. The van der Waals surface area contributed by atoms with Gasteiger partial charge in [0.15, 0.2) is 0 Å². The lowest BCUT2D eigenvalue weighted by atomic mass is 9.75. The average molecular weight is 481 g/mol. The first kappa shape index (κ1) is 25.2. The number of carbonyl (C=O) groups excluding carboxylic acids is 1. The van der Waals surface area contributed by atoms with Crippen molar-refractivity contribution < 1.29 is 24.2 Å². The molecule has 1 saturated carbocycles. The first-order valence-corrected chi connectivity index (χ1v) is 12.8. The number of hydrogen-bond acceptors (Lipinski definition) is 5. The number of ether oxygens (including phenoxy) is 2. The van der Waals surface area contributed by atoms with Crippen molar-refractivity contribution in [2.45, 2.75) is 69.7 Å². The Balaban J connectivity index is 1.41. The molecule has 1 amide bonds. The van der Waals surface area contributed by atoms with Gasteiger partial charge in [0, 0.05) is 13.2 Å². The van der Waals surface area contributed by atoms with E-state index in [4.69, 9.17) is 14.6 Å². The molecule has 0 bridgehead atoms. The monoisotopic (exact) mass is 480 g/mol. The van der Waals surface area contributed by atoms with Crippen LogP contribution < -0.4 is 10.1 Å². The number of nitrogens with zero attached hydrogens (tertiary/aromatic N) is 1. The smallest absolute Gasteiger partial charge is 0.335 e. The van der Waals surface area contributed by atoms with E-state index in [0.29, 0.717) is 32.7 Å². The first-order chi connectivity index (χ1) is 17.0. The minimum Gasteiger partial charge on any atom is -0.492 e. The lowest BCUT2D eigenvalue weighted by Gasteiger charge is -2.36. The molecule has 2 aromatic rings. The third-order valence-corrected chi connectivity index (χ3v) is 7.53. The molecule has 2 aliphatic rings. The van der Waals surface area contributed by atoms with Gasteiger partial charge in [-0.1, -0.05) is 44.2 Å². The zero-order valence-electron chi connectivity index (χ0n) is 20.5. The van der Waals surface area contributed by atoms with Crippen LogP contribution in [0.3, 0.4) is 0 Å². The Hall–Kier alpha value is -2.93. The van der Waals surface area contributed by atoms with Crippen LogP contribution in [0.15, 0.2) is 42.6 Å². The van der Waals surface area contributed by atoms with Gasteiger partial charge in [-0.05, 0) is 61.9 Å². The molecule has 7 nitrogen and oxygen atoms in total. The van der Waals surface area contributed by atoms with Gasteiger partial charge in [-0.2, -0.15) is 0 Å². The molecule has 2 heterocycles. The highest BCUT2D eigenvalue weighted by Crippen LogP contribution is 2.35. The Labute approximate surface area is 207 Å². The Bertz CT molecular complexity index is 977. The second kappa shape index (κ2) is 11.7. The molecule has 188 valence electrons. The summed E-state index contributed by atoms with van der Waals surface area (Å²) in [5, 5.41) is 12.2. The summed E-state index contributed by atoms with van der Waals surface area (Å²) in [5.41, 5.74) is 1.03. The molecule has 2 N–H and O–H groups in total. The number of rotatable bonds is 9. The molecule has 1 unspecified atom stereocenters.